The van der Waals surface area contributed by atoms with Crippen LogP contribution in [0.5, 0.6) is 0 Å². The molecule has 16 heterocycles. The lowest BCUT2D eigenvalue weighted by atomic mass is 10.1. The van der Waals surface area contributed by atoms with Crippen LogP contribution in [0.25, 0.3) is 66.9 Å². The zero-order valence-electron chi connectivity index (χ0n) is 71.2. The molecular formula is C83H63Cl4N25O21S8. The van der Waals surface area contributed by atoms with E-state index < -0.39 is 109 Å². The molecule has 12 aromatic heterocycles. The fraction of sp³-hybridized carbons (Fsp3) is 0.108. The number of aromatic nitrogens is 12. The number of urea groups is 4. The molecule has 46 nitrogen and oxygen atoms in total. The number of aromatic amines is 4. The summed E-state index contributed by atoms with van der Waals surface area (Å²) in [6.07, 6.45) is 6.25. The molecule has 0 unspecified atom stereocenters. The standard InChI is InChI=1S/C22H18ClN7O5S2.C21H15ClN6O6S2.2C20H15ClN6O5S2/c1-29-9-8-24-19(29)12-2-4-14-15(10-12)27-22(33)30(20(14)31)17-6-3-13(11-25-17)26-21(32)28-37(34,35)18-7-5-16(23)36-18;22-15-4-6-17(35-15)36(32,33)27-20(30)25-12-2-5-16(24-10-12)28-19(29)13-3-1-11(18-23-7-8-34-18)9-14(13)26-21(28)31;21-14-4-6-16(33-14)34(31,32)26-19(29)24-10-1-5-15(23-9-10)27-18(28)12-2-3-13-11(7-8-22-13)17(12)25-20(27)30;21-15-2-4-17(33-15)34(31,32)26-19(29)24-11-1-3-16(23-9-11)27-18(28)12-7-10-5-6-22-13(10)8-14(12)25-20(27)30/h2-7,10-11H,8-9H2,1H3,(H,27,33)(H2,26,28,32);1-6,9-10H,7-8H2,(H,26,31)(H2,25,27,30);1-6,9,22H,7-8H2,(H,25,30)(H2,24,26,29);1-4,7-9,22H,5-6H2,(H,25,30)(H2,24,26,29). The van der Waals surface area contributed by atoms with Crippen molar-refractivity contribution in [2.24, 2.45) is 9.98 Å². The number of pyridine rings is 4. The normalized spacial score (nSPS) is 13.2. The van der Waals surface area contributed by atoms with Gasteiger partial charge in [0.05, 0.1) is 122 Å². The number of nitrogens with one attached hydrogen (secondary N) is 14. The van der Waals surface area contributed by atoms with Gasteiger partial charge in [0.1, 0.15) is 52.6 Å². The first-order valence-electron chi connectivity index (χ1n) is 40.6. The van der Waals surface area contributed by atoms with E-state index in [-0.39, 0.29) is 91.0 Å². The second kappa shape index (κ2) is 39.8. The number of H-pyrrole nitrogens is 4. The van der Waals surface area contributed by atoms with E-state index >= 15 is 0 Å². The van der Waals surface area contributed by atoms with Crippen molar-refractivity contribution in [3.05, 3.63) is 305 Å². The van der Waals surface area contributed by atoms with Crippen molar-refractivity contribution in [3.63, 3.8) is 0 Å². The fourth-order valence-corrected chi connectivity index (χ4v) is 24.0. The SMILES string of the molecule is CN1CCN=C1c1ccc2c(=O)n(-c3ccc(NC(=O)NS(=O)(=O)c4ccc(Cl)s4)cn3)c(=O)[nH]c2c1.O=C(Nc1ccc(-n2c(=O)[nH]c3c4c(ccc3c2=O)NCC4)nc1)NS(=O)(=O)c1ccc(Cl)s1.O=C(Nc1ccc(-n2c(=O)[nH]c3cc(C4=NCCO4)ccc3c2=O)nc1)NS(=O)(=O)c1ccc(Cl)s1.O=C(Nc1ccc(-n2c(=O)[nH]c3cc4c(cc3c2=O)CCN4)nc1)NS(=O)(=O)c1ccc(Cl)s1. The number of halogens is 4. The number of rotatable bonds is 18. The van der Waals surface area contributed by atoms with E-state index in [4.69, 9.17) is 51.1 Å². The van der Waals surface area contributed by atoms with Gasteiger partial charge >= 0.3 is 46.9 Å². The molecule has 0 radical (unpaired) electrons. The maximum atomic E-state index is 13.1. The molecule has 4 aromatic carbocycles. The van der Waals surface area contributed by atoms with Gasteiger partial charge in [-0.1, -0.05) is 52.5 Å². The monoisotopic (exact) mass is 2140 g/mol. The lowest BCUT2D eigenvalue weighted by Gasteiger charge is -2.14. The van der Waals surface area contributed by atoms with Crippen molar-refractivity contribution in [1.82, 2.24) is 81.9 Å². The summed E-state index contributed by atoms with van der Waals surface area (Å²) in [4.78, 5) is 189. The highest BCUT2D eigenvalue weighted by molar-refractivity contribution is 7.93. The van der Waals surface area contributed by atoms with Gasteiger partial charge in [0.15, 0.2) is 0 Å². The number of sulfonamides is 4. The van der Waals surface area contributed by atoms with Crippen molar-refractivity contribution in [2.45, 2.75) is 29.7 Å². The Morgan fingerprint density at radius 3 is 1.11 bits per heavy atom. The summed E-state index contributed by atoms with van der Waals surface area (Å²) in [7, 11) is -14.5. The largest absolute Gasteiger partial charge is 0.476 e. The van der Waals surface area contributed by atoms with Crippen LogP contribution in [-0.2, 0) is 57.7 Å². The molecule has 20 rings (SSSR count). The fourth-order valence-electron chi connectivity index (χ4n) is 14.5. The van der Waals surface area contributed by atoms with Gasteiger partial charge in [-0.3, -0.25) is 24.2 Å². The number of amidine groups is 1. The van der Waals surface area contributed by atoms with Crippen LogP contribution in [0.4, 0.5) is 53.3 Å². The van der Waals surface area contributed by atoms with Crippen LogP contribution in [0, 0.1) is 0 Å². The van der Waals surface area contributed by atoms with Gasteiger partial charge in [-0.15, -0.1) is 45.3 Å². The summed E-state index contributed by atoms with van der Waals surface area (Å²) in [6, 6.07) is 34.5. The summed E-state index contributed by atoms with van der Waals surface area (Å²) in [5.74, 6) is 1.33. The molecule has 0 aliphatic carbocycles. The minimum absolute atomic E-state index is 0.00235. The molecule has 0 atom stereocenters. The number of hydrogen-bond acceptors (Lipinski definition) is 34. The molecule has 0 saturated heterocycles. The molecule has 14 N–H and O–H groups in total. The number of thiophene rings is 4. The molecule has 141 heavy (non-hydrogen) atoms. The average molecular weight is 2140 g/mol. The van der Waals surface area contributed by atoms with E-state index in [9.17, 15) is 91.2 Å². The van der Waals surface area contributed by atoms with Crippen molar-refractivity contribution < 1.29 is 57.6 Å². The number of benzene rings is 4. The topological polar surface area (TPSA) is 633 Å². The Bertz CT molecular complexity index is 8810. The molecule has 4 aliphatic rings. The molecule has 722 valence electrons. The van der Waals surface area contributed by atoms with E-state index in [1.165, 1.54) is 122 Å². The van der Waals surface area contributed by atoms with Crippen LogP contribution in [0.3, 0.4) is 0 Å². The highest BCUT2D eigenvalue weighted by Gasteiger charge is 2.29. The molecule has 8 amide bonds. The molecule has 0 spiro atoms. The third kappa shape index (κ3) is 21.3. The quantitative estimate of drug-likeness (QED) is 0.0382. The van der Waals surface area contributed by atoms with Gasteiger partial charge < -0.3 is 61.5 Å². The Labute approximate surface area is 825 Å². The molecule has 4 aliphatic heterocycles. The van der Waals surface area contributed by atoms with E-state index in [0.717, 1.165) is 124 Å². The van der Waals surface area contributed by atoms with Crippen molar-refractivity contribution in [3.8, 4) is 23.3 Å². The zero-order valence-corrected chi connectivity index (χ0v) is 80.8. The minimum atomic E-state index is -4.11. The molecular weight excluding hydrogens is 2080 g/mol. The first-order valence-corrected chi connectivity index (χ1v) is 51.3. The number of carbonyl (C=O) groups excluding carboxylic acids is 4. The summed E-state index contributed by atoms with van der Waals surface area (Å²) in [6.45, 7) is 3.98. The number of hydrogen-bond donors (Lipinski definition) is 14. The molecule has 0 bridgehead atoms. The van der Waals surface area contributed by atoms with Crippen molar-refractivity contribution in [1.29, 1.82) is 0 Å². The third-order valence-corrected chi connectivity index (χ3v) is 33.0. The van der Waals surface area contributed by atoms with Crippen LogP contribution in [0.15, 0.2) is 248 Å². The highest BCUT2D eigenvalue weighted by Crippen LogP contribution is 2.33. The number of likely N-dealkylation sites (N-methyl/N-ethyl adjacent to an activating group) is 1. The number of carbonyl (C=O) groups is 4. The summed E-state index contributed by atoms with van der Waals surface area (Å²) < 4.78 is 115. The Balaban J connectivity index is 0.000000130. The van der Waals surface area contributed by atoms with Crippen LogP contribution in [0.1, 0.15) is 22.3 Å². The van der Waals surface area contributed by atoms with Crippen LogP contribution < -0.4 is 95.8 Å². The Morgan fingerprint density at radius 2 is 0.745 bits per heavy atom. The number of aliphatic imine (C=N–C) groups is 2. The number of anilines is 6. The summed E-state index contributed by atoms with van der Waals surface area (Å²) in [5.41, 5.74) is 2.30. The van der Waals surface area contributed by atoms with Gasteiger partial charge in [-0.25, -0.2) is 134 Å². The smallest absolute Gasteiger partial charge is 0.334 e. The molecule has 58 heteroatoms. The molecule has 0 fully saturated rings. The second-order valence-corrected chi connectivity index (χ2v) is 44.5. The lowest BCUT2D eigenvalue weighted by molar-refractivity contribution is 0.255. The van der Waals surface area contributed by atoms with E-state index in [2.05, 4.69) is 81.8 Å². The maximum Gasteiger partial charge on any atom is 0.334 e. The molecule has 0 saturated carbocycles. The summed E-state index contributed by atoms with van der Waals surface area (Å²) >= 11 is 26.2. The van der Waals surface area contributed by atoms with Crippen molar-refractivity contribution in [2.75, 3.05) is 78.3 Å². The van der Waals surface area contributed by atoms with Gasteiger partial charge in [0.25, 0.3) is 62.3 Å². The number of nitrogens with zero attached hydrogens (tertiary/aromatic N) is 11. The lowest BCUT2D eigenvalue weighted by Crippen LogP contribution is -2.35. The Morgan fingerprint density at radius 1 is 0.383 bits per heavy atom. The van der Waals surface area contributed by atoms with Gasteiger partial charge in [0, 0.05) is 54.7 Å². The van der Waals surface area contributed by atoms with Crippen LogP contribution in [0.2, 0.25) is 17.3 Å². The number of fused-ring (bicyclic) bond motifs is 7. The van der Waals surface area contributed by atoms with E-state index in [1.807, 2.05) is 30.8 Å². The van der Waals surface area contributed by atoms with Gasteiger partial charge in [-0.05, 0) is 170 Å². The zero-order chi connectivity index (χ0) is 99.8. The second-order valence-electron chi connectivity index (χ2n) is 30.0. The summed E-state index contributed by atoms with van der Waals surface area (Å²) in [5, 5.41) is 17.0. The first-order chi connectivity index (χ1) is 67.3. The first kappa shape index (κ1) is 97.3. The minimum Gasteiger partial charge on any atom is -0.476 e. The van der Waals surface area contributed by atoms with Crippen LogP contribution >= 0.6 is 91.8 Å². The van der Waals surface area contributed by atoms with E-state index in [1.54, 1.807) is 60.7 Å². The average Bonchev–Trinajstić information content (AvgIpc) is 1.34. The molecule has 16 aromatic rings. The van der Waals surface area contributed by atoms with Crippen molar-refractivity contribution >= 4 is 245 Å². The third-order valence-electron chi connectivity index (χ3n) is 20.7. The number of ether oxygens (including phenoxy) is 1. The van der Waals surface area contributed by atoms with Crippen LogP contribution in [-0.4, -0.2) is 179 Å². The maximum absolute atomic E-state index is 13.1. The number of amides is 8. The Hall–Kier alpha value is -15.4. The highest BCUT2D eigenvalue weighted by atomic mass is 35.5. The van der Waals surface area contributed by atoms with Gasteiger partial charge in [-0.2, -0.15) is 0 Å². The predicted octanol–water partition coefficient (Wildman–Crippen LogP) is 8.60. The predicted molar refractivity (Wildman–Crippen MR) is 532 cm³/mol. The van der Waals surface area contributed by atoms with Gasteiger partial charge in [0.2, 0.25) is 5.90 Å². The van der Waals surface area contributed by atoms with E-state index in [0.29, 0.717) is 70.4 Å². The Kier molecular flexibility index (Phi) is 27.5.